The zero-order chi connectivity index (χ0) is 13.3. The van der Waals surface area contributed by atoms with Crippen molar-refractivity contribution in [2.45, 2.75) is 44.7 Å². The molecule has 1 aromatic rings. The van der Waals surface area contributed by atoms with Crippen molar-refractivity contribution in [3.8, 4) is 0 Å². The van der Waals surface area contributed by atoms with E-state index in [1.54, 1.807) is 0 Å². The molecular weight excluding hydrogens is 262 g/mol. The highest BCUT2D eigenvalue weighted by molar-refractivity contribution is 6.17. The first kappa shape index (κ1) is 14.8. The third-order valence-corrected chi connectivity index (χ3v) is 3.72. The van der Waals surface area contributed by atoms with Crippen molar-refractivity contribution < 1.29 is 4.74 Å². The summed E-state index contributed by atoms with van der Waals surface area (Å²) in [5.41, 5.74) is 1.11. The number of hydrogen-bond donors (Lipinski definition) is 1. The molecule has 1 saturated carbocycles. The Labute approximate surface area is 120 Å². The summed E-state index contributed by atoms with van der Waals surface area (Å²) in [5, 5.41) is 7.99. The molecule has 0 aliphatic heterocycles. The Hall–Kier alpha value is -0.580. The third kappa shape index (κ3) is 5.13. The van der Waals surface area contributed by atoms with Crippen LogP contribution in [-0.2, 0) is 11.3 Å². The van der Waals surface area contributed by atoms with E-state index < -0.39 is 0 Å². The van der Waals surface area contributed by atoms with E-state index in [1.807, 2.05) is 0 Å². The zero-order valence-corrected chi connectivity index (χ0v) is 12.2. The Morgan fingerprint density at radius 3 is 2.95 bits per heavy atom. The van der Waals surface area contributed by atoms with Gasteiger partial charge in [-0.2, -0.15) is 5.10 Å². The van der Waals surface area contributed by atoms with E-state index in [2.05, 4.69) is 27.4 Å². The van der Waals surface area contributed by atoms with E-state index >= 15 is 0 Å². The maximum atomic E-state index is 5.53. The molecule has 19 heavy (non-hydrogen) atoms. The molecular formula is C14H24ClN3O. The molecule has 0 radical (unpaired) electrons. The van der Waals surface area contributed by atoms with Crippen LogP contribution >= 0.6 is 11.6 Å². The van der Waals surface area contributed by atoms with Crippen LogP contribution in [0.5, 0.6) is 0 Å². The smallest absolute Gasteiger partial charge is 0.0762 e. The molecule has 0 aromatic carbocycles. The average molecular weight is 286 g/mol. The maximum absolute atomic E-state index is 5.53. The molecule has 1 aliphatic rings. The molecule has 0 saturated heterocycles. The van der Waals surface area contributed by atoms with Crippen molar-refractivity contribution in [3.05, 3.63) is 18.0 Å². The standard InChI is InChI=1S/C14H24ClN3O/c15-7-10-19-11-8-16-12-13-6-9-18(17-13)14-4-2-1-3-5-14/h6,9,14,16H,1-5,7-8,10-12H2. The van der Waals surface area contributed by atoms with Gasteiger partial charge in [0, 0.05) is 25.2 Å². The van der Waals surface area contributed by atoms with Crippen molar-refractivity contribution in [2.75, 3.05) is 25.6 Å². The first-order valence-corrected chi connectivity index (χ1v) is 7.82. The minimum absolute atomic E-state index is 0.561. The minimum Gasteiger partial charge on any atom is -0.379 e. The summed E-state index contributed by atoms with van der Waals surface area (Å²) in [7, 11) is 0. The van der Waals surface area contributed by atoms with Gasteiger partial charge in [-0.1, -0.05) is 19.3 Å². The van der Waals surface area contributed by atoms with Gasteiger partial charge in [0.2, 0.25) is 0 Å². The van der Waals surface area contributed by atoms with Crippen LogP contribution in [0.15, 0.2) is 12.3 Å². The van der Waals surface area contributed by atoms with Gasteiger partial charge in [-0.15, -0.1) is 11.6 Å². The van der Waals surface area contributed by atoms with Crippen LogP contribution in [0.1, 0.15) is 43.8 Å². The van der Waals surface area contributed by atoms with Gasteiger partial charge in [0.15, 0.2) is 0 Å². The molecule has 1 aromatic heterocycles. The lowest BCUT2D eigenvalue weighted by atomic mass is 9.96. The highest BCUT2D eigenvalue weighted by Gasteiger charge is 2.15. The fraction of sp³-hybridized carbons (Fsp3) is 0.786. The summed E-state index contributed by atoms with van der Waals surface area (Å²) in [6, 6.07) is 2.73. The highest BCUT2D eigenvalue weighted by atomic mass is 35.5. The number of halogens is 1. The number of rotatable bonds is 8. The van der Waals surface area contributed by atoms with Gasteiger partial charge in [-0.05, 0) is 18.9 Å². The number of alkyl halides is 1. The summed E-state index contributed by atoms with van der Waals surface area (Å²) < 4.78 is 7.45. The maximum Gasteiger partial charge on any atom is 0.0762 e. The molecule has 2 rings (SSSR count). The van der Waals surface area contributed by atoms with Gasteiger partial charge in [0.25, 0.3) is 0 Å². The zero-order valence-electron chi connectivity index (χ0n) is 11.5. The number of ether oxygens (including phenoxy) is 1. The predicted octanol–water partition coefficient (Wildman–Crippen LogP) is 2.73. The molecule has 5 heteroatoms. The second kappa shape index (κ2) is 8.56. The predicted molar refractivity (Wildman–Crippen MR) is 77.6 cm³/mol. The monoisotopic (exact) mass is 285 g/mol. The lowest BCUT2D eigenvalue weighted by Crippen LogP contribution is -2.20. The topological polar surface area (TPSA) is 39.1 Å². The molecule has 108 valence electrons. The number of hydrogen-bond acceptors (Lipinski definition) is 3. The van der Waals surface area contributed by atoms with Crippen LogP contribution in [0.2, 0.25) is 0 Å². The van der Waals surface area contributed by atoms with Crippen LogP contribution in [0.25, 0.3) is 0 Å². The summed E-state index contributed by atoms with van der Waals surface area (Å²) in [4.78, 5) is 0. The third-order valence-electron chi connectivity index (χ3n) is 3.56. The van der Waals surface area contributed by atoms with Crippen molar-refractivity contribution in [3.63, 3.8) is 0 Å². The van der Waals surface area contributed by atoms with E-state index in [0.29, 0.717) is 25.1 Å². The molecule has 1 heterocycles. The van der Waals surface area contributed by atoms with Crippen LogP contribution in [-0.4, -0.2) is 35.4 Å². The first-order valence-electron chi connectivity index (χ1n) is 7.28. The van der Waals surface area contributed by atoms with E-state index in [-0.39, 0.29) is 0 Å². The normalized spacial score (nSPS) is 16.9. The van der Waals surface area contributed by atoms with E-state index in [9.17, 15) is 0 Å². The second-order valence-corrected chi connectivity index (χ2v) is 5.44. The summed E-state index contributed by atoms with van der Waals surface area (Å²) in [6.07, 6.45) is 8.75. The molecule has 0 bridgehead atoms. The largest absolute Gasteiger partial charge is 0.379 e. The fourth-order valence-electron chi connectivity index (χ4n) is 2.54. The van der Waals surface area contributed by atoms with Crippen LogP contribution < -0.4 is 5.32 Å². The number of nitrogens with one attached hydrogen (secondary N) is 1. The van der Waals surface area contributed by atoms with Crippen LogP contribution in [0.4, 0.5) is 0 Å². The first-order chi connectivity index (χ1) is 9.40. The summed E-state index contributed by atoms with van der Waals surface area (Å²) in [6.45, 7) is 2.98. The van der Waals surface area contributed by atoms with E-state index in [0.717, 1.165) is 18.8 Å². The number of aromatic nitrogens is 2. The molecule has 4 nitrogen and oxygen atoms in total. The van der Waals surface area contributed by atoms with Gasteiger partial charge in [0.1, 0.15) is 0 Å². The Bertz CT molecular complexity index is 350. The summed E-state index contributed by atoms with van der Waals surface area (Å²) in [5.74, 6) is 0.561. The SMILES string of the molecule is ClCCOCCNCc1ccn(C2CCCCC2)n1. The lowest BCUT2D eigenvalue weighted by Gasteiger charge is -2.21. The van der Waals surface area contributed by atoms with Gasteiger partial charge >= 0.3 is 0 Å². The van der Waals surface area contributed by atoms with Crippen molar-refractivity contribution in [1.82, 2.24) is 15.1 Å². The van der Waals surface area contributed by atoms with Gasteiger partial charge < -0.3 is 10.1 Å². The Balaban J connectivity index is 1.66. The highest BCUT2D eigenvalue weighted by Crippen LogP contribution is 2.27. The van der Waals surface area contributed by atoms with E-state index in [1.165, 1.54) is 32.1 Å². The van der Waals surface area contributed by atoms with Gasteiger partial charge in [-0.3, -0.25) is 4.68 Å². The number of nitrogens with zero attached hydrogens (tertiary/aromatic N) is 2. The Kier molecular flexibility index (Phi) is 6.68. The Morgan fingerprint density at radius 2 is 2.16 bits per heavy atom. The molecule has 0 unspecified atom stereocenters. The minimum atomic E-state index is 0.561. The van der Waals surface area contributed by atoms with Gasteiger partial charge in [0.05, 0.1) is 24.9 Å². The molecule has 0 spiro atoms. The Morgan fingerprint density at radius 1 is 1.32 bits per heavy atom. The second-order valence-electron chi connectivity index (χ2n) is 5.06. The van der Waals surface area contributed by atoms with Crippen molar-refractivity contribution >= 4 is 11.6 Å². The molecule has 1 N–H and O–H groups in total. The fourth-order valence-corrected chi connectivity index (χ4v) is 2.65. The average Bonchev–Trinajstić information content (AvgIpc) is 2.92. The molecule has 1 aliphatic carbocycles. The molecule has 1 fully saturated rings. The summed E-state index contributed by atoms with van der Waals surface area (Å²) >= 11 is 5.53. The van der Waals surface area contributed by atoms with E-state index in [4.69, 9.17) is 16.3 Å². The quantitative estimate of drug-likeness (QED) is 0.590. The van der Waals surface area contributed by atoms with Crippen molar-refractivity contribution in [2.24, 2.45) is 0 Å². The van der Waals surface area contributed by atoms with Gasteiger partial charge in [-0.25, -0.2) is 0 Å². The van der Waals surface area contributed by atoms with Crippen LogP contribution in [0.3, 0.4) is 0 Å². The van der Waals surface area contributed by atoms with Crippen molar-refractivity contribution in [1.29, 1.82) is 0 Å². The molecule has 0 atom stereocenters. The lowest BCUT2D eigenvalue weighted by molar-refractivity contribution is 0.150. The van der Waals surface area contributed by atoms with Crippen LogP contribution in [0, 0.1) is 0 Å². The molecule has 0 amide bonds.